The first-order valence-electron chi connectivity index (χ1n) is 5.88. The molecule has 2 saturated heterocycles. The summed E-state index contributed by atoms with van der Waals surface area (Å²) in [4.78, 5) is 20.5. The lowest BCUT2D eigenvalue weighted by Gasteiger charge is -2.31. The minimum Gasteiger partial charge on any atom is -0.384 e. The maximum atomic E-state index is 12.3. The van der Waals surface area contributed by atoms with Crippen molar-refractivity contribution in [1.82, 2.24) is 14.8 Å². The smallest absolute Gasteiger partial charge is 0.255 e. The van der Waals surface area contributed by atoms with E-state index < -0.39 is 0 Å². The Morgan fingerprint density at radius 3 is 2.76 bits per heavy atom. The number of carbonyl (C=O) groups is 1. The molecular formula is C12H16N4O. The SMILES string of the molecule is CN1CC2CC1CN2C(=O)c1ccc(N)nc1. The fourth-order valence-corrected chi connectivity index (χ4v) is 2.81. The average Bonchev–Trinajstić information content (AvgIpc) is 2.87. The highest BCUT2D eigenvalue weighted by atomic mass is 16.2. The van der Waals surface area contributed by atoms with Crippen LogP contribution in [0.1, 0.15) is 16.8 Å². The van der Waals surface area contributed by atoms with E-state index in [4.69, 9.17) is 5.73 Å². The summed E-state index contributed by atoms with van der Waals surface area (Å²) in [6.07, 6.45) is 2.66. The van der Waals surface area contributed by atoms with Crippen molar-refractivity contribution < 1.29 is 4.79 Å². The van der Waals surface area contributed by atoms with Crippen molar-refractivity contribution in [3.05, 3.63) is 23.9 Å². The van der Waals surface area contributed by atoms with Gasteiger partial charge in [0.2, 0.25) is 0 Å². The third kappa shape index (κ3) is 1.67. The molecule has 2 aliphatic heterocycles. The molecule has 2 atom stereocenters. The summed E-state index contributed by atoms with van der Waals surface area (Å²) in [5.41, 5.74) is 6.15. The third-order valence-corrected chi connectivity index (χ3v) is 3.81. The van der Waals surface area contributed by atoms with Crippen molar-refractivity contribution in [1.29, 1.82) is 0 Å². The van der Waals surface area contributed by atoms with E-state index in [-0.39, 0.29) is 5.91 Å². The molecule has 1 aromatic heterocycles. The molecular weight excluding hydrogens is 216 g/mol. The largest absolute Gasteiger partial charge is 0.384 e. The lowest BCUT2D eigenvalue weighted by atomic mass is 10.2. The van der Waals surface area contributed by atoms with Gasteiger partial charge in [-0.3, -0.25) is 9.69 Å². The number of amides is 1. The standard InChI is InChI=1S/C12H16N4O/c1-15-6-10-4-9(15)7-16(10)12(17)8-2-3-11(13)14-5-8/h2-3,5,9-10H,4,6-7H2,1H3,(H2,13,14). The van der Waals surface area contributed by atoms with Crippen molar-refractivity contribution in [2.24, 2.45) is 0 Å². The number of hydrogen-bond acceptors (Lipinski definition) is 4. The molecule has 0 saturated carbocycles. The molecule has 17 heavy (non-hydrogen) atoms. The first-order valence-corrected chi connectivity index (χ1v) is 5.88. The summed E-state index contributed by atoms with van der Waals surface area (Å²) >= 11 is 0. The lowest BCUT2D eigenvalue weighted by Crippen LogP contribution is -2.47. The van der Waals surface area contributed by atoms with Crippen LogP contribution in [0, 0.1) is 0 Å². The van der Waals surface area contributed by atoms with Crippen molar-refractivity contribution in [3.8, 4) is 0 Å². The van der Waals surface area contributed by atoms with Crippen molar-refractivity contribution in [2.75, 3.05) is 25.9 Å². The van der Waals surface area contributed by atoms with E-state index in [1.54, 1.807) is 18.3 Å². The fourth-order valence-electron chi connectivity index (χ4n) is 2.81. The van der Waals surface area contributed by atoms with Gasteiger partial charge in [-0.2, -0.15) is 0 Å². The Bertz CT molecular complexity index is 442. The number of likely N-dealkylation sites (N-methyl/N-ethyl adjacent to an activating group) is 1. The highest BCUT2D eigenvalue weighted by molar-refractivity contribution is 5.94. The Hall–Kier alpha value is -1.62. The second-order valence-electron chi connectivity index (χ2n) is 4.91. The van der Waals surface area contributed by atoms with Gasteiger partial charge in [0.05, 0.1) is 5.56 Å². The maximum absolute atomic E-state index is 12.3. The van der Waals surface area contributed by atoms with E-state index in [0.29, 0.717) is 23.5 Å². The van der Waals surface area contributed by atoms with Crippen LogP contribution in [0.2, 0.25) is 0 Å². The van der Waals surface area contributed by atoms with Crippen LogP contribution in [0.5, 0.6) is 0 Å². The Balaban J connectivity index is 1.78. The van der Waals surface area contributed by atoms with Gasteiger partial charge in [0.15, 0.2) is 0 Å². The molecule has 2 bridgehead atoms. The second kappa shape index (κ2) is 3.70. The number of hydrogen-bond donors (Lipinski definition) is 1. The van der Waals surface area contributed by atoms with Gasteiger partial charge >= 0.3 is 0 Å². The zero-order chi connectivity index (χ0) is 12.0. The number of aromatic nitrogens is 1. The molecule has 5 nitrogen and oxygen atoms in total. The minimum absolute atomic E-state index is 0.0816. The molecule has 2 fully saturated rings. The Morgan fingerprint density at radius 1 is 1.41 bits per heavy atom. The van der Waals surface area contributed by atoms with Crippen LogP contribution in [0.25, 0.3) is 0 Å². The molecule has 0 aromatic carbocycles. The van der Waals surface area contributed by atoms with Crippen molar-refractivity contribution in [3.63, 3.8) is 0 Å². The Morgan fingerprint density at radius 2 is 2.24 bits per heavy atom. The number of nitrogens with two attached hydrogens (primary N) is 1. The van der Waals surface area contributed by atoms with Crippen LogP contribution in [-0.4, -0.2) is 52.9 Å². The van der Waals surface area contributed by atoms with Crippen LogP contribution in [0.15, 0.2) is 18.3 Å². The zero-order valence-electron chi connectivity index (χ0n) is 9.84. The quantitative estimate of drug-likeness (QED) is 0.751. The van der Waals surface area contributed by atoms with Crippen LogP contribution in [0.3, 0.4) is 0 Å². The van der Waals surface area contributed by atoms with Crippen LogP contribution in [-0.2, 0) is 0 Å². The molecule has 3 heterocycles. The van der Waals surface area contributed by atoms with Crippen LogP contribution in [0.4, 0.5) is 5.82 Å². The van der Waals surface area contributed by atoms with E-state index in [2.05, 4.69) is 16.9 Å². The van der Waals surface area contributed by atoms with Crippen molar-refractivity contribution in [2.45, 2.75) is 18.5 Å². The number of likely N-dealkylation sites (tertiary alicyclic amines) is 2. The first kappa shape index (κ1) is 10.5. The van der Waals surface area contributed by atoms with Gasteiger partial charge in [0, 0.05) is 31.4 Å². The Kier molecular flexibility index (Phi) is 2.29. The molecule has 0 aliphatic carbocycles. The monoisotopic (exact) mass is 232 g/mol. The molecule has 1 aromatic rings. The second-order valence-corrected chi connectivity index (χ2v) is 4.91. The molecule has 5 heteroatoms. The molecule has 0 radical (unpaired) electrons. The number of anilines is 1. The van der Waals surface area contributed by atoms with Crippen molar-refractivity contribution >= 4 is 11.7 Å². The van der Waals surface area contributed by atoms with E-state index in [0.717, 1.165) is 19.5 Å². The van der Waals surface area contributed by atoms with Crippen LogP contribution >= 0.6 is 0 Å². The molecule has 2 aliphatic rings. The van der Waals surface area contributed by atoms with Crippen LogP contribution < -0.4 is 5.73 Å². The van der Waals surface area contributed by atoms with Gasteiger partial charge in [0.25, 0.3) is 5.91 Å². The number of nitrogen functional groups attached to an aromatic ring is 1. The topological polar surface area (TPSA) is 62.5 Å². The van der Waals surface area contributed by atoms with Gasteiger partial charge in [0.1, 0.15) is 5.82 Å². The highest BCUT2D eigenvalue weighted by Crippen LogP contribution is 2.30. The summed E-state index contributed by atoms with van der Waals surface area (Å²) in [6, 6.07) is 4.33. The molecule has 0 spiro atoms. The number of piperazine rings is 1. The molecule has 3 rings (SSSR count). The zero-order valence-corrected chi connectivity index (χ0v) is 9.84. The number of rotatable bonds is 1. The number of nitrogens with zero attached hydrogens (tertiary/aromatic N) is 3. The molecule has 2 N–H and O–H groups in total. The maximum Gasteiger partial charge on any atom is 0.255 e. The predicted octanol–water partition coefficient (Wildman–Crippen LogP) is 0.192. The summed E-state index contributed by atoms with van der Waals surface area (Å²) in [7, 11) is 2.12. The van der Waals surface area contributed by atoms with E-state index >= 15 is 0 Å². The van der Waals surface area contributed by atoms with Gasteiger partial charge < -0.3 is 10.6 Å². The molecule has 2 unspecified atom stereocenters. The van der Waals surface area contributed by atoms with E-state index in [1.165, 1.54) is 0 Å². The van der Waals surface area contributed by atoms with E-state index in [1.807, 2.05) is 4.90 Å². The average molecular weight is 232 g/mol. The summed E-state index contributed by atoms with van der Waals surface area (Å²) in [5.74, 6) is 0.530. The van der Waals surface area contributed by atoms with Gasteiger partial charge in [-0.25, -0.2) is 4.98 Å². The highest BCUT2D eigenvalue weighted by Gasteiger charge is 2.43. The van der Waals surface area contributed by atoms with Gasteiger partial charge in [-0.05, 0) is 25.6 Å². The third-order valence-electron chi connectivity index (χ3n) is 3.81. The minimum atomic E-state index is 0.0816. The first-order chi connectivity index (χ1) is 8.15. The number of carbonyl (C=O) groups excluding carboxylic acids is 1. The number of fused-ring (bicyclic) bond motifs is 2. The fraction of sp³-hybridized carbons (Fsp3) is 0.500. The Labute approximate surface area is 100 Å². The van der Waals surface area contributed by atoms with E-state index in [9.17, 15) is 4.79 Å². The summed E-state index contributed by atoms with van der Waals surface area (Å²) < 4.78 is 0. The lowest BCUT2D eigenvalue weighted by molar-refractivity contribution is 0.0650. The molecule has 90 valence electrons. The normalized spacial score (nSPS) is 27.7. The predicted molar refractivity (Wildman–Crippen MR) is 64.5 cm³/mol. The van der Waals surface area contributed by atoms with Gasteiger partial charge in [-0.15, -0.1) is 0 Å². The summed E-state index contributed by atoms with van der Waals surface area (Å²) in [6.45, 7) is 1.82. The van der Waals surface area contributed by atoms with Gasteiger partial charge in [-0.1, -0.05) is 0 Å². The molecule has 1 amide bonds. The summed E-state index contributed by atoms with van der Waals surface area (Å²) in [5, 5.41) is 0. The number of pyridine rings is 1.